The molecule has 0 bridgehead atoms. The zero-order valence-electron chi connectivity index (χ0n) is 12.2. The smallest absolute Gasteiger partial charge is 0.331 e. The summed E-state index contributed by atoms with van der Waals surface area (Å²) in [5.74, 6) is 0. The second-order valence-electron chi connectivity index (χ2n) is 5.91. The number of nitriles is 1. The molecule has 0 saturated carbocycles. The van der Waals surface area contributed by atoms with Crippen LogP contribution < -0.4 is 5.46 Å². The van der Waals surface area contributed by atoms with Gasteiger partial charge in [-0.05, 0) is 50.7 Å². The Hall–Kier alpha value is -1.77. The van der Waals surface area contributed by atoms with Crippen LogP contribution in [0.1, 0.15) is 33.4 Å². The molecular formula is C15H18BN2O2. The molecule has 4 nitrogen and oxygen atoms in total. The van der Waals surface area contributed by atoms with E-state index in [1.165, 1.54) is 0 Å². The molecule has 0 amide bonds. The SMILES string of the molecule is CC(C)(O)C(C)(C)O[B]c1cccc2[nH]c(C#N)cc12. The third-order valence-electron chi connectivity index (χ3n) is 3.77. The summed E-state index contributed by atoms with van der Waals surface area (Å²) in [6.07, 6.45) is 0. The van der Waals surface area contributed by atoms with Gasteiger partial charge in [-0.3, -0.25) is 0 Å². The highest BCUT2D eigenvalue weighted by Gasteiger charge is 2.35. The van der Waals surface area contributed by atoms with Gasteiger partial charge < -0.3 is 14.7 Å². The first kappa shape index (κ1) is 14.6. The monoisotopic (exact) mass is 269 g/mol. The third kappa shape index (κ3) is 2.72. The van der Waals surface area contributed by atoms with Gasteiger partial charge in [0, 0.05) is 5.52 Å². The van der Waals surface area contributed by atoms with Crippen molar-refractivity contribution in [2.75, 3.05) is 0 Å². The molecule has 1 aromatic carbocycles. The fourth-order valence-corrected chi connectivity index (χ4v) is 1.70. The van der Waals surface area contributed by atoms with Crippen molar-refractivity contribution in [1.29, 1.82) is 5.26 Å². The van der Waals surface area contributed by atoms with E-state index < -0.39 is 11.2 Å². The van der Waals surface area contributed by atoms with Crippen LogP contribution in [0.5, 0.6) is 0 Å². The van der Waals surface area contributed by atoms with E-state index in [0.717, 1.165) is 16.4 Å². The highest BCUT2D eigenvalue weighted by molar-refractivity contribution is 6.51. The topological polar surface area (TPSA) is 69.0 Å². The van der Waals surface area contributed by atoms with Crippen LogP contribution in [0.4, 0.5) is 0 Å². The van der Waals surface area contributed by atoms with E-state index in [1.54, 1.807) is 27.4 Å². The van der Waals surface area contributed by atoms with Crippen LogP contribution in [0.2, 0.25) is 0 Å². The van der Waals surface area contributed by atoms with Crippen molar-refractivity contribution in [3.63, 3.8) is 0 Å². The van der Waals surface area contributed by atoms with E-state index in [-0.39, 0.29) is 0 Å². The number of benzene rings is 1. The molecule has 103 valence electrons. The van der Waals surface area contributed by atoms with Crippen molar-refractivity contribution < 1.29 is 9.76 Å². The zero-order chi connectivity index (χ0) is 15.0. The molecule has 0 aliphatic carbocycles. The molecule has 0 aliphatic heterocycles. The first-order chi connectivity index (χ1) is 9.24. The Morgan fingerprint density at radius 3 is 2.60 bits per heavy atom. The van der Waals surface area contributed by atoms with E-state index >= 15 is 0 Å². The minimum absolute atomic E-state index is 0.516. The van der Waals surface area contributed by atoms with Gasteiger partial charge in [-0.15, -0.1) is 0 Å². The van der Waals surface area contributed by atoms with Gasteiger partial charge in [0.25, 0.3) is 0 Å². The summed E-state index contributed by atoms with van der Waals surface area (Å²) in [5, 5.41) is 20.0. The number of hydrogen-bond donors (Lipinski definition) is 2. The van der Waals surface area contributed by atoms with E-state index in [4.69, 9.17) is 9.92 Å². The maximum atomic E-state index is 10.1. The maximum absolute atomic E-state index is 10.1. The molecule has 0 spiro atoms. The van der Waals surface area contributed by atoms with Gasteiger partial charge in [-0.2, -0.15) is 5.26 Å². The molecule has 0 fully saturated rings. The molecule has 5 heteroatoms. The molecule has 2 rings (SSSR count). The van der Waals surface area contributed by atoms with Gasteiger partial charge in [-0.25, -0.2) is 0 Å². The highest BCUT2D eigenvalue weighted by atomic mass is 16.5. The summed E-state index contributed by atoms with van der Waals surface area (Å²) in [6.45, 7) is 7.10. The summed E-state index contributed by atoms with van der Waals surface area (Å²) in [5.41, 5.74) is 0.594. The largest absolute Gasteiger partial charge is 0.427 e. The summed E-state index contributed by atoms with van der Waals surface area (Å²) in [7, 11) is 1.63. The average molecular weight is 269 g/mol. The Kier molecular flexibility index (Phi) is 3.64. The van der Waals surface area contributed by atoms with Gasteiger partial charge in [0.05, 0.1) is 11.2 Å². The van der Waals surface area contributed by atoms with Gasteiger partial charge in [0.1, 0.15) is 11.8 Å². The summed E-state index contributed by atoms with van der Waals surface area (Å²) < 4.78 is 5.76. The minimum Gasteiger partial charge on any atom is -0.427 e. The lowest BCUT2D eigenvalue weighted by molar-refractivity contribution is -0.0893. The first-order valence-electron chi connectivity index (χ1n) is 6.50. The second-order valence-corrected chi connectivity index (χ2v) is 5.91. The number of aromatic amines is 1. The Morgan fingerprint density at radius 1 is 1.30 bits per heavy atom. The third-order valence-corrected chi connectivity index (χ3v) is 3.77. The van der Waals surface area contributed by atoms with E-state index in [9.17, 15) is 5.11 Å². The highest BCUT2D eigenvalue weighted by Crippen LogP contribution is 2.24. The van der Waals surface area contributed by atoms with Crippen LogP contribution >= 0.6 is 0 Å². The predicted molar refractivity (Wildman–Crippen MR) is 79.9 cm³/mol. The van der Waals surface area contributed by atoms with Crippen molar-refractivity contribution in [2.24, 2.45) is 0 Å². The van der Waals surface area contributed by atoms with Crippen LogP contribution in [-0.2, 0) is 4.65 Å². The molecule has 0 atom stereocenters. The number of rotatable bonds is 4. The quantitative estimate of drug-likeness (QED) is 0.832. The zero-order valence-corrected chi connectivity index (χ0v) is 12.2. The maximum Gasteiger partial charge on any atom is 0.331 e. The molecular weight excluding hydrogens is 251 g/mol. The lowest BCUT2D eigenvalue weighted by Gasteiger charge is -2.37. The van der Waals surface area contributed by atoms with Crippen LogP contribution in [0, 0.1) is 11.3 Å². The van der Waals surface area contributed by atoms with E-state index in [0.29, 0.717) is 5.69 Å². The molecule has 0 saturated heterocycles. The minimum atomic E-state index is -0.965. The number of H-pyrrole nitrogens is 1. The van der Waals surface area contributed by atoms with Gasteiger partial charge in [-0.1, -0.05) is 12.1 Å². The van der Waals surface area contributed by atoms with Crippen LogP contribution in [0.15, 0.2) is 24.3 Å². The van der Waals surface area contributed by atoms with Crippen LogP contribution in [0.3, 0.4) is 0 Å². The van der Waals surface area contributed by atoms with Gasteiger partial charge in [0.2, 0.25) is 0 Å². The molecule has 1 radical (unpaired) electrons. The average Bonchev–Trinajstić information content (AvgIpc) is 2.78. The first-order valence-corrected chi connectivity index (χ1v) is 6.50. The van der Waals surface area contributed by atoms with Crippen molar-refractivity contribution in [1.82, 2.24) is 4.98 Å². The normalized spacial score (nSPS) is 12.4. The van der Waals surface area contributed by atoms with Crippen molar-refractivity contribution in [3.05, 3.63) is 30.0 Å². The fraction of sp³-hybridized carbons (Fsp3) is 0.400. The number of nitrogens with one attached hydrogen (secondary N) is 1. The molecule has 0 aliphatic rings. The Balaban J connectivity index is 2.27. The Bertz CT molecular complexity index is 663. The number of hydrogen-bond acceptors (Lipinski definition) is 3. The van der Waals surface area contributed by atoms with E-state index in [1.807, 2.05) is 32.0 Å². The standard InChI is InChI=1S/C15H18BN2O2/c1-14(2,19)15(3,4)20-16-12-6-5-7-13-11(12)8-10(9-17)18-13/h5-8,18-19H,1-4H3. The lowest BCUT2D eigenvalue weighted by atomic mass is 9.81. The van der Waals surface area contributed by atoms with Crippen molar-refractivity contribution in [2.45, 2.75) is 38.9 Å². The van der Waals surface area contributed by atoms with E-state index in [2.05, 4.69) is 11.1 Å². The molecule has 1 aromatic heterocycles. The summed E-state index contributed by atoms with van der Waals surface area (Å²) >= 11 is 0. The van der Waals surface area contributed by atoms with Crippen molar-refractivity contribution >= 4 is 23.8 Å². The molecule has 0 unspecified atom stereocenters. The van der Waals surface area contributed by atoms with Crippen LogP contribution in [-0.4, -0.2) is 28.8 Å². The Labute approximate surface area is 119 Å². The predicted octanol–water partition coefficient (Wildman–Crippen LogP) is 1.85. The number of nitrogens with zero attached hydrogens (tertiary/aromatic N) is 1. The summed E-state index contributed by atoms with van der Waals surface area (Å²) in [6, 6.07) is 9.60. The van der Waals surface area contributed by atoms with Gasteiger partial charge in [0.15, 0.2) is 0 Å². The summed E-state index contributed by atoms with van der Waals surface area (Å²) in [4.78, 5) is 3.03. The molecule has 2 aromatic rings. The molecule has 20 heavy (non-hydrogen) atoms. The fourth-order valence-electron chi connectivity index (χ4n) is 1.70. The second kappa shape index (κ2) is 4.97. The molecule has 2 N–H and O–H groups in total. The number of aromatic nitrogens is 1. The molecule has 1 heterocycles. The number of aliphatic hydroxyl groups is 1. The number of fused-ring (bicyclic) bond motifs is 1. The van der Waals surface area contributed by atoms with Gasteiger partial charge >= 0.3 is 7.48 Å². The lowest BCUT2D eigenvalue weighted by Crippen LogP contribution is -2.49. The Morgan fingerprint density at radius 2 is 2.00 bits per heavy atom. The van der Waals surface area contributed by atoms with Crippen LogP contribution in [0.25, 0.3) is 10.9 Å². The van der Waals surface area contributed by atoms with Crippen molar-refractivity contribution in [3.8, 4) is 6.07 Å².